The Kier molecular flexibility index (Phi) is 5.30. The molecule has 106 valence electrons. The minimum absolute atomic E-state index is 0.00486. The normalized spacial score (nSPS) is 16.1. The number of methoxy groups -OCH3 is 1. The predicted molar refractivity (Wildman–Crippen MR) is 75.1 cm³/mol. The Morgan fingerprint density at radius 3 is 2.79 bits per heavy atom. The van der Waals surface area contributed by atoms with Crippen LogP contribution in [0.15, 0.2) is 18.2 Å². The molecular formula is C14H22N2O3. The average Bonchev–Trinajstić information content (AvgIpc) is 2.46. The van der Waals surface area contributed by atoms with E-state index >= 15 is 0 Å². The molecule has 0 saturated carbocycles. The molecular weight excluding hydrogens is 244 g/mol. The second kappa shape index (κ2) is 7.21. The fourth-order valence-electron chi connectivity index (χ4n) is 2.24. The number of rotatable bonds is 6. The number of aliphatic hydroxyl groups is 1. The highest BCUT2D eigenvalue weighted by molar-refractivity contribution is 5.55. The summed E-state index contributed by atoms with van der Waals surface area (Å²) in [7, 11) is 1.61. The Hall–Kier alpha value is -1.46. The summed E-state index contributed by atoms with van der Waals surface area (Å²) in [6.45, 7) is 2.38. The number of hydrogen-bond donors (Lipinski definition) is 3. The van der Waals surface area contributed by atoms with Crippen LogP contribution in [0.25, 0.3) is 0 Å². The van der Waals surface area contributed by atoms with Crippen molar-refractivity contribution in [1.82, 2.24) is 5.32 Å². The molecule has 0 aliphatic carbocycles. The van der Waals surface area contributed by atoms with Crippen LogP contribution in [0.1, 0.15) is 12.8 Å². The van der Waals surface area contributed by atoms with Gasteiger partial charge in [0, 0.05) is 17.8 Å². The molecule has 1 heterocycles. The SMILES string of the molecule is COc1ccc(NC2CCNCC2)cc1OCCO. The lowest BCUT2D eigenvalue weighted by molar-refractivity contribution is 0.196. The Labute approximate surface area is 113 Å². The lowest BCUT2D eigenvalue weighted by atomic mass is 10.1. The monoisotopic (exact) mass is 266 g/mol. The fourth-order valence-corrected chi connectivity index (χ4v) is 2.24. The predicted octanol–water partition coefficient (Wildman–Crippen LogP) is 1.23. The van der Waals surface area contributed by atoms with E-state index in [1.807, 2.05) is 18.2 Å². The van der Waals surface area contributed by atoms with Gasteiger partial charge in [-0.15, -0.1) is 0 Å². The fraction of sp³-hybridized carbons (Fsp3) is 0.571. The van der Waals surface area contributed by atoms with Crippen LogP contribution >= 0.6 is 0 Å². The van der Waals surface area contributed by atoms with Crippen LogP contribution in [0, 0.1) is 0 Å². The molecule has 0 unspecified atom stereocenters. The Bertz CT molecular complexity index is 392. The van der Waals surface area contributed by atoms with Crippen molar-refractivity contribution in [2.24, 2.45) is 0 Å². The minimum atomic E-state index is -0.00486. The van der Waals surface area contributed by atoms with Gasteiger partial charge in [-0.2, -0.15) is 0 Å². The van der Waals surface area contributed by atoms with E-state index in [9.17, 15) is 0 Å². The quantitative estimate of drug-likeness (QED) is 0.723. The molecule has 3 N–H and O–H groups in total. The van der Waals surface area contributed by atoms with Gasteiger partial charge in [-0.3, -0.25) is 0 Å². The molecule has 1 aliphatic heterocycles. The van der Waals surface area contributed by atoms with Crippen molar-refractivity contribution in [3.05, 3.63) is 18.2 Å². The van der Waals surface area contributed by atoms with E-state index in [4.69, 9.17) is 14.6 Å². The van der Waals surface area contributed by atoms with Crippen molar-refractivity contribution in [2.75, 3.05) is 38.7 Å². The van der Waals surface area contributed by atoms with E-state index < -0.39 is 0 Å². The maximum absolute atomic E-state index is 8.83. The van der Waals surface area contributed by atoms with Gasteiger partial charge in [-0.25, -0.2) is 0 Å². The van der Waals surface area contributed by atoms with Crippen molar-refractivity contribution in [3.63, 3.8) is 0 Å². The molecule has 0 spiro atoms. The molecule has 0 bridgehead atoms. The molecule has 1 saturated heterocycles. The first kappa shape index (κ1) is 14.0. The lowest BCUT2D eigenvalue weighted by Crippen LogP contribution is -2.35. The summed E-state index contributed by atoms with van der Waals surface area (Å²) >= 11 is 0. The van der Waals surface area contributed by atoms with Gasteiger partial charge >= 0.3 is 0 Å². The summed E-state index contributed by atoms with van der Waals surface area (Å²) in [5, 5.41) is 15.7. The van der Waals surface area contributed by atoms with Gasteiger partial charge in [0.05, 0.1) is 13.7 Å². The largest absolute Gasteiger partial charge is 0.493 e. The van der Waals surface area contributed by atoms with Gasteiger partial charge < -0.3 is 25.2 Å². The molecule has 19 heavy (non-hydrogen) atoms. The van der Waals surface area contributed by atoms with Crippen LogP contribution in [-0.2, 0) is 0 Å². The Morgan fingerprint density at radius 1 is 1.32 bits per heavy atom. The first-order valence-corrected chi connectivity index (χ1v) is 6.72. The molecule has 2 rings (SSSR count). The molecule has 1 aliphatic rings. The molecule has 0 atom stereocenters. The van der Waals surface area contributed by atoms with Crippen LogP contribution in [0.3, 0.4) is 0 Å². The van der Waals surface area contributed by atoms with Gasteiger partial charge in [-0.05, 0) is 38.1 Å². The van der Waals surface area contributed by atoms with Gasteiger partial charge in [-0.1, -0.05) is 0 Å². The van der Waals surface area contributed by atoms with Gasteiger partial charge in [0.1, 0.15) is 6.61 Å². The van der Waals surface area contributed by atoms with Crippen molar-refractivity contribution >= 4 is 5.69 Å². The van der Waals surface area contributed by atoms with Crippen molar-refractivity contribution in [2.45, 2.75) is 18.9 Å². The summed E-state index contributed by atoms with van der Waals surface area (Å²) in [6, 6.07) is 6.31. The van der Waals surface area contributed by atoms with Gasteiger partial charge in [0.15, 0.2) is 11.5 Å². The molecule has 1 fully saturated rings. The third-order valence-corrected chi connectivity index (χ3v) is 3.22. The van der Waals surface area contributed by atoms with Gasteiger partial charge in [0.25, 0.3) is 0 Å². The lowest BCUT2D eigenvalue weighted by Gasteiger charge is -2.25. The van der Waals surface area contributed by atoms with E-state index in [0.717, 1.165) is 31.6 Å². The highest BCUT2D eigenvalue weighted by atomic mass is 16.5. The van der Waals surface area contributed by atoms with Crippen molar-refractivity contribution < 1.29 is 14.6 Å². The van der Waals surface area contributed by atoms with E-state index in [-0.39, 0.29) is 13.2 Å². The summed E-state index contributed by atoms with van der Waals surface area (Å²) in [5.41, 5.74) is 1.03. The smallest absolute Gasteiger partial charge is 0.163 e. The molecule has 5 nitrogen and oxygen atoms in total. The zero-order valence-corrected chi connectivity index (χ0v) is 11.3. The molecule has 1 aromatic carbocycles. The molecule has 0 radical (unpaired) electrons. The zero-order valence-electron chi connectivity index (χ0n) is 11.3. The van der Waals surface area contributed by atoms with Crippen molar-refractivity contribution in [1.29, 1.82) is 0 Å². The van der Waals surface area contributed by atoms with E-state index in [0.29, 0.717) is 17.5 Å². The van der Waals surface area contributed by atoms with Crippen LogP contribution < -0.4 is 20.1 Å². The number of anilines is 1. The Balaban J connectivity index is 2.03. The van der Waals surface area contributed by atoms with Crippen LogP contribution in [-0.4, -0.2) is 44.6 Å². The number of nitrogens with one attached hydrogen (secondary N) is 2. The standard InChI is InChI=1S/C14H22N2O3/c1-18-13-3-2-12(10-14(13)19-9-8-17)16-11-4-6-15-7-5-11/h2-3,10-11,15-17H,4-9H2,1H3. The number of benzene rings is 1. The summed E-state index contributed by atoms with van der Waals surface area (Å²) in [5.74, 6) is 1.35. The second-order valence-electron chi connectivity index (χ2n) is 4.61. The van der Waals surface area contributed by atoms with Crippen LogP contribution in [0.2, 0.25) is 0 Å². The first-order chi connectivity index (χ1) is 9.33. The summed E-state index contributed by atoms with van der Waals surface area (Å²) < 4.78 is 10.7. The van der Waals surface area contributed by atoms with Crippen LogP contribution in [0.4, 0.5) is 5.69 Å². The van der Waals surface area contributed by atoms with Crippen molar-refractivity contribution in [3.8, 4) is 11.5 Å². The first-order valence-electron chi connectivity index (χ1n) is 6.72. The number of aliphatic hydroxyl groups excluding tert-OH is 1. The minimum Gasteiger partial charge on any atom is -0.493 e. The van der Waals surface area contributed by atoms with E-state index in [2.05, 4.69) is 10.6 Å². The van der Waals surface area contributed by atoms with Gasteiger partial charge in [0.2, 0.25) is 0 Å². The van der Waals surface area contributed by atoms with E-state index in [1.165, 1.54) is 0 Å². The molecule has 0 aromatic heterocycles. The molecule has 0 amide bonds. The maximum Gasteiger partial charge on any atom is 0.163 e. The number of ether oxygens (including phenoxy) is 2. The second-order valence-corrected chi connectivity index (χ2v) is 4.61. The summed E-state index contributed by atoms with van der Waals surface area (Å²) in [4.78, 5) is 0. The topological polar surface area (TPSA) is 62.8 Å². The average molecular weight is 266 g/mol. The molecule has 5 heteroatoms. The maximum atomic E-state index is 8.83. The number of hydrogen-bond acceptors (Lipinski definition) is 5. The third-order valence-electron chi connectivity index (χ3n) is 3.22. The van der Waals surface area contributed by atoms with E-state index in [1.54, 1.807) is 7.11 Å². The number of piperidine rings is 1. The molecule has 1 aromatic rings. The van der Waals surface area contributed by atoms with Crippen LogP contribution in [0.5, 0.6) is 11.5 Å². The third kappa shape index (κ3) is 4.01. The summed E-state index contributed by atoms with van der Waals surface area (Å²) in [6.07, 6.45) is 2.25. The highest BCUT2D eigenvalue weighted by Gasteiger charge is 2.13. The Morgan fingerprint density at radius 2 is 2.11 bits per heavy atom. The zero-order chi connectivity index (χ0) is 13.5. The highest BCUT2D eigenvalue weighted by Crippen LogP contribution is 2.30.